The SMILES string of the molecule is COC(=O)c1ccc(SC)c2sc(B3OC(C)(C)C(C)(C)O3)cc12. The number of thiophene rings is 1. The summed E-state index contributed by atoms with van der Waals surface area (Å²) in [6, 6.07) is 5.78. The largest absolute Gasteiger partial charge is 0.505 e. The number of benzene rings is 1. The van der Waals surface area contributed by atoms with Crippen molar-refractivity contribution >= 4 is 51.0 Å². The Morgan fingerprint density at radius 3 is 2.38 bits per heavy atom. The molecule has 0 amide bonds. The Balaban J connectivity index is 2.10. The second-order valence-corrected chi connectivity index (χ2v) is 8.72. The van der Waals surface area contributed by atoms with Crippen LogP contribution in [0.25, 0.3) is 10.1 Å². The topological polar surface area (TPSA) is 44.8 Å². The van der Waals surface area contributed by atoms with Gasteiger partial charge in [0, 0.05) is 19.8 Å². The highest BCUT2D eigenvalue weighted by Gasteiger charge is 2.52. The molecule has 128 valence electrons. The maximum absolute atomic E-state index is 12.1. The third-order valence-corrected chi connectivity index (χ3v) is 6.88. The van der Waals surface area contributed by atoms with Crippen LogP contribution in [0.4, 0.5) is 0 Å². The molecule has 1 saturated heterocycles. The van der Waals surface area contributed by atoms with Crippen LogP contribution in [0, 0.1) is 0 Å². The fourth-order valence-corrected chi connectivity index (χ4v) is 4.57. The normalized spacial score (nSPS) is 19.0. The summed E-state index contributed by atoms with van der Waals surface area (Å²) >= 11 is 3.27. The van der Waals surface area contributed by atoms with Gasteiger partial charge in [-0.1, -0.05) is 0 Å². The molecule has 0 spiro atoms. The number of esters is 1. The van der Waals surface area contributed by atoms with Crippen molar-refractivity contribution in [3.8, 4) is 0 Å². The van der Waals surface area contributed by atoms with Crippen molar-refractivity contribution in [3.05, 3.63) is 23.8 Å². The van der Waals surface area contributed by atoms with E-state index in [-0.39, 0.29) is 17.2 Å². The van der Waals surface area contributed by atoms with Crippen molar-refractivity contribution in [1.82, 2.24) is 0 Å². The molecule has 24 heavy (non-hydrogen) atoms. The molecule has 2 aromatic rings. The lowest BCUT2D eigenvalue weighted by Crippen LogP contribution is -2.41. The zero-order valence-electron chi connectivity index (χ0n) is 14.8. The smallest absolute Gasteiger partial charge is 0.465 e. The zero-order chi connectivity index (χ0) is 17.7. The average molecular weight is 364 g/mol. The van der Waals surface area contributed by atoms with Crippen LogP contribution in [0.3, 0.4) is 0 Å². The van der Waals surface area contributed by atoms with E-state index in [1.165, 1.54) is 7.11 Å². The van der Waals surface area contributed by atoms with Crippen LogP contribution < -0.4 is 4.78 Å². The van der Waals surface area contributed by atoms with Gasteiger partial charge in [0.05, 0.1) is 23.9 Å². The van der Waals surface area contributed by atoms with E-state index in [0.717, 1.165) is 19.8 Å². The molecule has 0 aliphatic carbocycles. The Labute approximate surface area is 151 Å². The first-order valence-corrected chi connectivity index (χ1v) is 9.78. The summed E-state index contributed by atoms with van der Waals surface area (Å²) in [5, 5.41) is 0.892. The highest BCUT2D eigenvalue weighted by Crippen LogP contribution is 2.39. The van der Waals surface area contributed by atoms with E-state index in [2.05, 4.69) is 0 Å². The van der Waals surface area contributed by atoms with Crippen LogP contribution in [-0.2, 0) is 14.0 Å². The van der Waals surface area contributed by atoms with Crippen molar-refractivity contribution in [1.29, 1.82) is 0 Å². The molecule has 0 bridgehead atoms. The van der Waals surface area contributed by atoms with Crippen LogP contribution >= 0.6 is 23.1 Å². The fraction of sp³-hybridized carbons (Fsp3) is 0.471. The lowest BCUT2D eigenvalue weighted by Gasteiger charge is -2.32. The highest BCUT2D eigenvalue weighted by molar-refractivity contribution is 7.99. The summed E-state index contributed by atoms with van der Waals surface area (Å²) < 4.78 is 19.2. The summed E-state index contributed by atoms with van der Waals surface area (Å²) in [6.07, 6.45) is 2.03. The third-order valence-electron chi connectivity index (χ3n) is 4.78. The fourth-order valence-electron chi connectivity index (χ4n) is 2.64. The number of carbonyl (C=O) groups excluding carboxylic acids is 1. The van der Waals surface area contributed by atoms with E-state index in [9.17, 15) is 4.79 Å². The Morgan fingerprint density at radius 2 is 1.83 bits per heavy atom. The van der Waals surface area contributed by atoms with Gasteiger partial charge in [-0.25, -0.2) is 4.79 Å². The second-order valence-electron chi connectivity index (χ2n) is 6.79. The van der Waals surface area contributed by atoms with Crippen LogP contribution in [0.5, 0.6) is 0 Å². The van der Waals surface area contributed by atoms with Crippen molar-refractivity contribution in [2.45, 2.75) is 43.8 Å². The van der Waals surface area contributed by atoms with Gasteiger partial charge in [0.15, 0.2) is 0 Å². The number of rotatable bonds is 3. The predicted molar refractivity (Wildman–Crippen MR) is 101 cm³/mol. The monoisotopic (exact) mass is 364 g/mol. The zero-order valence-corrected chi connectivity index (χ0v) is 16.4. The minimum atomic E-state index is -0.424. The molecule has 1 aromatic carbocycles. The Bertz CT molecular complexity index is 781. The maximum Gasteiger partial charge on any atom is 0.505 e. The number of fused-ring (bicyclic) bond motifs is 1. The van der Waals surface area contributed by atoms with E-state index in [1.807, 2.05) is 52.1 Å². The number of thioether (sulfide) groups is 1. The first-order valence-electron chi connectivity index (χ1n) is 7.74. The van der Waals surface area contributed by atoms with E-state index in [1.54, 1.807) is 23.1 Å². The van der Waals surface area contributed by atoms with Gasteiger partial charge in [0.25, 0.3) is 0 Å². The molecule has 4 nitrogen and oxygen atoms in total. The minimum absolute atomic E-state index is 0.328. The average Bonchev–Trinajstić information content (AvgIpc) is 3.05. The Hall–Kier alpha value is -1.02. The molecule has 1 fully saturated rings. The molecule has 0 N–H and O–H groups in total. The van der Waals surface area contributed by atoms with E-state index >= 15 is 0 Å². The number of hydrogen-bond donors (Lipinski definition) is 0. The molecule has 0 radical (unpaired) electrons. The van der Waals surface area contributed by atoms with Crippen LogP contribution in [0.1, 0.15) is 38.1 Å². The molecular weight excluding hydrogens is 343 g/mol. The van der Waals surface area contributed by atoms with E-state index < -0.39 is 7.12 Å². The highest BCUT2D eigenvalue weighted by atomic mass is 32.2. The molecule has 2 heterocycles. The first-order chi connectivity index (χ1) is 11.2. The molecule has 1 aliphatic rings. The minimum Gasteiger partial charge on any atom is -0.465 e. The van der Waals surface area contributed by atoms with Gasteiger partial charge in [0.1, 0.15) is 0 Å². The van der Waals surface area contributed by atoms with Gasteiger partial charge in [-0.3, -0.25) is 0 Å². The summed E-state index contributed by atoms with van der Waals surface area (Å²) in [4.78, 5) is 13.2. The Kier molecular flexibility index (Phi) is 4.49. The van der Waals surface area contributed by atoms with Crippen LogP contribution in [-0.4, -0.2) is 37.7 Å². The molecule has 7 heteroatoms. The lowest BCUT2D eigenvalue weighted by molar-refractivity contribution is 0.00578. The maximum atomic E-state index is 12.1. The third kappa shape index (κ3) is 2.77. The number of carbonyl (C=O) groups is 1. The molecule has 0 saturated carbocycles. The second kappa shape index (κ2) is 6.06. The summed E-state index contributed by atoms with van der Waals surface area (Å²) in [6.45, 7) is 8.14. The quantitative estimate of drug-likeness (QED) is 0.472. The molecule has 0 atom stereocenters. The predicted octanol–water partition coefficient (Wildman–Crippen LogP) is 3.71. The van der Waals surface area contributed by atoms with Crippen molar-refractivity contribution in [2.24, 2.45) is 0 Å². The van der Waals surface area contributed by atoms with Gasteiger partial charge in [-0.2, -0.15) is 0 Å². The number of ether oxygens (including phenoxy) is 1. The first kappa shape index (κ1) is 17.8. The van der Waals surface area contributed by atoms with Gasteiger partial charge in [-0.05, 0) is 52.1 Å². The van der Waals surface area contributed by atoms with E-state index in [0.29, 0.717) is 5.56 Å². The number of methoxy groups -OCH3 is 1. The molecule has 0 unspecified atom stereocenters. The van der Waals surface area contributed by atoms with Gasteiger partial charge < -0.3 is 14.0 Å². The lowest BCUT2D eigenvalue weighted by atomic mass is 9.87. The Morgan fingerprint density at radius 1 is 1.21 bits per heavy atom. The molecule has 1 aromatic heterocycles. The molecule has 3 rings (SSSR count). The van der Waals surface area contributed by atoms with Crippen LogP contribution in [0.2, 0.25) is 0 Å². The van der Waals surface area contributed by atoms with Crippen molar-refractivity contribution in [2.75, 3.05) is 13.4 Å². The van der Waals surface area contributed by atoms with Crippen molar-refractivity contribution in [3.63, 3.8) is 0 Å². The summed E-state index contributed by atoms with van der Waals surface area (Å²) in [7, 11) is 0.977. The molecular formula is C17H21BO4S2. The van der Waals surface area contributed by atoms with Gasteiger partial charge >= 0.3 is 13.1 Å². The van der Waals surface area contributed by atoms with Gasteiger partial charge in [-0.15, -0.1) is 23.1 Å². The summed E-state index contributed by atoms with van der Waals surface area (Å²) in [5.74, 6) is -0.328. The summed E-state index contributed by atoms with van der Waals surface area (Å²) in [5.41, 5.74) is -0.202. The van der Waals surface area contributed by atoms with Gasteiger partial charge in [0.2, 0.25) is 0 Å². The number of hydrogen-bond acceptors (Lipinski definition) is 6. The van der Waals surface area contributed by atoms with Crippen LogP contribution in [0.15, 0.2) is 23.1 Å². The van der Waals surface area contributed by atoms with E-state index in [4.69, 9.17) is 14.0 Å². The standard InChI is InChI=1S/C17H21BO4S2/c1-16(2)17(3,4)22-18(21-16)13-9-11-10(15(19)20-5)7-8-12(23-6)14(11)24-13/h7-9H,1-6H3. The molecule has 1 aliphatic heterocycles. The van der Waals surface area contributed by atoms with Crippen molar-refractivity contribution < 1.29 is 18.8 Å².